The summed E-state index contributed by atoms with van der Waals surface area (Å²) >= 11 is 0. The maximum absolute atomic E-state index is 13.5. The van der Waals surface area contributed by atoms with Crippen LogP contribution in [-0.2, 0) is 0 Å². The number of hydrogen-bond acceptors (Lipinski definition) is 5. The first-order valence-electron chi connectivity index (χ1n) is 6.89. The molecule has 0 spiro atoms. The maximum Gasteiger partial charge on any atom is 0.459 e. The molecule has 1 aromatic carbocycles. The number of aryl methyl sites for hydroxylation is 1. The predicted molar refractivity (Wildman–Crippen MR) is 74.4 cm³/mol. The van der Waals surface area contributed by atoms with E-state index >= 15 is 0 Å². The van der Waals surface area contributed by atoms with Crippen molar-refractivity contribution in [3.05, 3.63) is 33.9 Å². The van der Waals surface area contributed by atoms with Gasteiger partial charge in [-0.2, -0.15) is 40.2 Å². The van der Waals surface area contributed by atoms with Gasteiger partial charge < -0.3 is 5.11 Å². The third-order valence-electron chi connectivity index (χ3n) is 3.78. The number of nitro groups is 1. The summed E-state index contributed by atoms with van der Waals surface area (Å²) in [5.74, 6) is -5.73. The summed E-state index contributed by atoms with van der Waals surface area (Å²) in [6.07, 6.45) is -14.1. The number of rotatable bonds is 3. The van der Waals surface area contributed by atoms with Crippen molar-refractivity contribution in [3.8, 4) is 0 Å². The zero-order chi connectivity index (χ0) is 21.0. The Kier molecular flexibility index (Phi) is 4.62. The fraction of sp³-hybridized carbons (Fsp3) is 0.462. The number of nitro benzene ring substituents is 1. The number of anilines is 1. The number of hydrazone groups is 1. The second kappa shape index (κ2) is 6.00. The van der Waals surface area contributed by atoms with Gasteiger partial charge in [-0.15, -0.1) is 0 Å². The van der Waals surface area contributed by atoms with Crippen LogP contribution < -0.4 is 5.01 Å². The van der Waals surface area contributed by atoms with Crippen molar-refractivity contribution in [3.63, 3.8) is 0 Å². The van der Waals surface area contributed by atoms with Gasteiger partial charge in [0, 0.05) is 11.6 Å². The Balaban J connectivity index is 2.62. The lowest BCUT2D eigenvalue weighted by atomic mass is 10.0. The molecule has 1 aliphatic heterocycles. The zero-order valence-electron chi connectivity index (χ0n) is 13.1. The van der Waals surface area contributed by atoms with E-state index in [1.54, 1.807) is 0 Å². The number of aliphatic hydroxyl groups is 1. The first-order chi connectivity index (χ1) is 12.0. The summed E-state index contributed by atoms with van der Waals surface area (Å²) < 4.78 is 104. The first kappa shape index (κ1) is 20.8. The molecule has 0 aliphatic carbocycles. The fourth-order valence-electron chi connectivity index (χ4n) is 2.35. The average Bonchev–Trinajstić information content (AvgIpc) is 2.85. The average molecular weight is 407 g/mol. The summed E-state index contributed by atoms with van der Waals surface area (Å²) in [6, 6.07) is 2.05. The molecule has 0 aromatic heterocycles. The topological polar surface area (TPSA) is 79.0 Å². The molecule has 0 saturated heterocycles. The van der Waals surface area contributed by atoms with Crippen LogP contribution in [0, 0.1) is 17.0 Å². The third kappa shape index (κ3) is 3.28. The van der Waals surface area contributed by atoms with Crippen molar-refractivity contribution < 1.29 is 45.2 Å². The molecule has 1 aromatic rings. The molecule has 14 heteroatoms. The summed E-state index contributed by atoms with van der Waals surface area (Å²) in [5, 5.41) is 22.8. The highest BCUT2D eigenvalue weighted by molar-refractivity contribution is 5.96. The van der Waals surface area contributed by atoms with Gasteiger partial charge in [0.1, 0.15) is 5.71 Å². The van der Waals surface area contributed by atoms with Gasteiger partial charge >= 0.3 is 18.3 Å². The molecule has 1 heterocycles. The van der Waals surface area contributed by atoms with Gasteiger partial charge in [0.25, 0.3) is 11.4 Å². The molecule has 0 bridgehead atoms. The van der Waals surface area contributed by atoms with Gasteiger partial charge in [0.2, 0.25) is 0 Å². The van der Waals surface area contributed by atoms with Crippen molar-refractivity contribution >= 4 is 17.1 Å². The third-order valence-corrected chi connectivity index (χ3v) is 3.78. The smallest absolute Gasteiger partial charge is 0.362 e. The molecule has 0 fully saturated rings. The van der Waals surface area contributed by atoms with Crippen LogP contribution in [0.2, 0.25) is 0 Å². The molecular weight excluding hydrogens is 398 g/mol. The van der Waals surface area contributed by atoms with Crippen LogP contribution in [0.15, 0.2) is 23.3 Å². The Morgan fingerprint density at radius 3 is 2.15 bits per heavy atom. The quantitative estimate of drug-likeness (QED) is 0.468. The van der Waals surface area contributed by atoms with Gasteiger partial charge in [-0.1, -0.05) is 0 Å². The lowest BCUT2D eigenvalue weighted by Crippen LogP contribution is -2.56. The highest BCUT2D eigenvalue weighted by Gasteiger charge is 2.69. The van der Waals surface area contributed by atoms with Crippen LogP contribution >= 0.6 is 0 Å². The monoisotopic (exact) mass is 407 g/mol. The van der Waals surface area contributed by atoms with Crippen molar-refractivity contribution in [1.29, 1.82) is 0 Å². The van der Waals surface area contributed by atoms with Gasteiger partial charge in [0.15, 0.2) is 0 Å². The minimum absolute atomic E-state index is 0.228. The highest BCUT2D eigenvalue weighted by atomic mass is 19.4. The van der Waals surface area contributed by atoms with E-state index in [4.69, 9.17) is 0 Å². The summed E-state index contributed by atoms with van der Waals surface area (Å²) in [5.41, 5.74) is -7.97. The number of nitrogens with zero attached hydrogens (tertiary/aromatic N) is 3. The Morgan fingerprint density at radius 2 is 1.74 bits per heavy atom. The van der Waals surface area contributed by atoms with Crippen LogP contribution in [0.3, 0.4) is 0 Å². The van der Waals surface area contributed by atoms with E-state index in [0.717, 1.165) is 6.92 Å². The molecular formula is C13H9F8N3O3. The Morgan fingerprint density at radius 1 is 1.19 bits per heavy atom. The van der Waals surface area contributed by atoms with E-state index < -0.39 is 57.4 Å². The predicted octanol–water partition coefficient (Wildman–Crippen LogP) is 3.92. The zero-order valence-corrected chi connectivity index (χ0v) is 13.1. The van der Waals surface area contributed by atoms with Crippen molar-refractivity contribution in [2.45, 2.75) is 37.3 Å². The molecule has 0 amide bonds. The van der Waals surface area contributed by atoms with E-state index in [9.17, 15) is 50.3 Å². The van der Waals surface area contributed by atoms with Crippen LogP contribution in [0.4, 0.5) is 46.5 Å². The first-order valence-corrected chi connectivity index (χ1v) is 6.89. The minimum Gasteiger partial charge on any atom is -0.362 e. The maximum atomic E-state index is 13.5. The molecule has 1 N–H and O–H groups in total. The van der Waals surface area contributed by atoms with Crippen LogP contribution in [0.5, 0.6) is 0 Å². The van der Waals surface area contributed by atoms with E-state index in [2.05, 4.69) is 5.10 Å². The van der Waals surface area contributed by atoms with Crippen molar-refractivity contribution in [2.24, 2.45) is 5.10 Å². The number of alkyl halides is 8. The van der Waals surface area contributed by atoms with E-state index in [0.29, 0.717) is 18.2 Å². The highest BCUT2D eigenvalue weighted by Crippen LogP contribution is 2.48. The Hall–Kier alpha value is -2.51. The van der Waals surface area contributed by atoms with Gasteiger partial charge in [-0.25, -0.2) is 5.01 Å². The molecule has 1 aliphatic rings. The van der Waals surface area contributed by atoms with E-state index in [1.165, 1.54) is 0 Å². The summed E-state index contributed by atoms with van der Waals surface area (Å²) in [7, 11) is 0. The van der Waals surface area contributed by atoms with Gasteiger partial charge in [-0.05, 0) is 19.1 Å². The summed E-state index contributed by atoms with van der Waals surface area (Å²) in [4.78, 5) is 9.86. The number of hydrogen-bond donors (Lipinski definition) is 1. The van der Waals surface area contributed by atoms with Crippen LogP contribution in [0.25, 0.3) is 0 Å². The van der Waals surface area contributed by atoms with Crippen molar-refractivity contribution in [2.75, 3.05) is 5.01 Å². The Labute approximate surface area is 144 Å². The van der Waals surface area contributed by atoms with Gasteiger partial charge in [-0.3, -0.25) is 10.1 Å². The lowest BCUT2D eigenvalue weighted by molar-refractivity contribution is -0.385. The second-order valence-corrected chi connectivity index (χ2v) is 5.65. The summed E-state index contributed by atoms with van der Waals surface area (Å²) in [6.45, 7) is 1.10. The standard InChI is InChI=1S/C13H9F8N3O3/c1-6-4-7(2-3-8(6)24(26)27)23-10(25,12(16,17)18)5-9(22-23)11(14,15)13(19,20)21/h2-4,25H,5H2,1H3. The van der Waals surface area contributed by atoms with Crippen LogP contribution in [0.1, 0.15) is 12.0 Å². The molecule has 1 unspecified atom stereocenters. The van der Waals surface area contributed by atoms with Gasteiger partial charge in [0.05, 0.1) is 17.0 Å². The molecule has 2 rings (SSSR count). The second-order valence-electron chi connectivity index (χ2n) is 5.65. The fourth-order valence-corrected chi connectivity index (χ4v) is 2.35. The molecule has 27 heavy (non-hydrogen) atoms. The van der Waals surface area contributed by atoms with Crippen LogP contribution in [-0.4, -0.2) is 39.7 Å². The minimum atomic E-state index is -6.24. The Bertz CT molecular complexity index is 805. The van der Waals surface area contributed by atoms with E-state index in [1.807, 2.05) is 0 Å². The molecule has 6 nitrogen and oxygen atoms in total. The molecule has 1 atom stereocenters. The molecule has 0 radical (unpaired) electrons. The largest absolute Gasteiger partial charge is 0.459 e. The van der Waals surface area contributed by atoms with Crippen molar-refractivity contribution in [1.82, 2.24) is 0 Å². The number of halogens is 8. The number of benzene rings is 1. The van der Waals surface area contributed by atoms with E-state index in [-0.39, 0.29) is 5.56 Å². The molecule has 0 saturated carbocycles. The SMILES string of the molecule is Cc1cc(N2N=C(C(F)(F)C(F)(F)F)CC2(O)C(F)(F)F)ccc1[N+](=O)[O-]. The normalized spacial score (nSPS) is 21.4. The molecule has 150 valence electrons. The lowest BCUT2D eigenvalue weighted by Gasteiger charge is -2.34.